The Morgan fingerprint density at radius 3 is 2.40 bits per heavy atom. The Balaban J connectivity index is 1.63. The normalized spacial score (nSPS) is 31.6. The molecule has 3 aliphatic heterocycles. The van der Waals surface area contributed by atoms with Gasteiger partial charge in [0.15, 0.2) is 0 Å². The summed E-state index contributed by atoms with van der Waals surface area (Å²) in [5, 5.41) is 0. The molecule has 0 spiro atoms. The predicted molar refractivity (Wildman–Crippen MR) is 80.1 cm³/mol. The molecule has 0 saturated carbocycles. The van der Waals surface area contributed by atoms with Crippen molar-refractivity contribution < 1.29 is 8.42 Å². The first-order valence-electron chi connectivity index (χ1n) is 7.66. The molecule has 3 saturated heterocycles. The van der Waals surface area contributed by atoms with Crippen LogP contribution in [0, 0.1) is 5.92 Å². The number of halogens is 1. The molecular formula is C13H24ClN3O2S. The number of fused-ring (bicyclic) bond motifs is 1. The fourth-order valence-electron chi connectivity index (χ4n) is 3.63. The Bertz CT molecular complexity index is 437. The summed E-state index contributed by atoms with van der Waals surface area (Å²) < 4.78 is 28.8. The Morgan fingerprint density at radius 2 is 1.70 bits per heavy atom. The molecule has 0 aromatic rings. The lowest BCUT2D eigenvalue weighted by Crippen LogP contribution is -2.56. The third-order valence-corrected chi connectivity index (χ3v) is 7.43. The monoisotopic (exact) mass is 321 g/mol. The number of hydrogen-bond acceptors (Lipinski definition) is 3. The Morgan fingerprint density at radius 1 is 0.950 bits per heavy atom. The molecule has 1 unspecified atom stereocenters. The van der Waals surface area contributed by atoms with Crippen LogP contribution in [-0.4, -0.2) is 73.1 Å². The second-order valence-corrected chi connectivity index (χ2v) is 8.43. The van der Waals surface area contributed by atoms with Gasteiger partial charge in [-0.25, -0.2) is 0 Å². The molecule has 116 valence electrons. The molecule has 0 N–H and O–H groups in total. The quantitative estimate of drug-likeness (QED) is 0.727. The fraction of sp³-hybridized carbons (Fsp3) is 1.00. The van der Waals surface area contributed by atoms with E-state index in [1.807, 2.05) is 0 Å². The van der Waals surface area contributed by atoms with Crippen LogP contribution in [0.3, 0.4) is 0 Å². The van der Waals surface area contributed by atoms with Crippen LogP contribution in [0.4, 0.5) is 0 Å². The molecule has 5 nitrogen and oxygen atoms in total. The summed E-state index contributed by atoms with van der Waals surface area (Å²) in [6.07, 6.45) is 4.14. The summed E-state index contributed by atoms with van der Waals surface area (Å²) >= 11 is 5.87. The van der Waals surface area contributed by atoms with Crippen molar-refractivity contribution in [2.45, 2.75) is 31.7 Å². The van der Waals surface area contributed by atoms with Gasteiger partial charge in [-0.3, -0.25) is 4.90 Å². The van der Waals surface area contributed by atoms with E-state index in [4.69, 9.17) is 11.6 Å². The average Bonchev–Trinajstić information content (AvgIpc) is 2.94. The lowest BCUT2D eigenvalue weighted by Gasteiger charge is -2.40. The zero-order chi connectivity index (χ0) is 14.2. The highest BCUT2D eigenvalue weighted by Gasteiger charge is 2.39. The molecule has 0 radical (unpaired) electrons. The van der Waals surface area contributed by atoms with E-state index < -0.39 is 10.2 Å². The van der Waals surface area contributed by atoms with Crippen LogP contribution < -0.4 is 0 Å². The van der Waals surface area contributed by atoms with E-state index >= 15 is 0 Å². The van der Waals surface area contributed by atoms with E-state index in [2.05, 4.69) is 4.90 Å². The molecule has 0 bridgehead atoms. The number of piperazine rings is 1. The molecule has 0 amide bonds. The first-order chi connectivity index (χ1) is 9.61. The van der Waals surface area contributed by atoms with Gasteiger partial charge in [0, 0.05) is 44.6 Å². The van der Waals surface area contributed by atoms with Gasteiger partial charge in [-0.1, -0.05) is 0 Å². The van der Waals surface area contributed by atoms with Crippen molar-refractivity contribution >= 4 is 21.8 Å². The smallest absolute Gasteiger partial charge is 0.282 e. The molecule has 0 aromatic heterocycles. The van der Waals surface area contributed by atoms with E-state index in [-0.39, 0.29) is 0 Å². The van der Waals surface area contributed by atoms with Crippen LogP contribution in [0.2, 0.25) is 0 Å². The maximum Gasteiger partial charge on any atom is 0.282 e. The van der Waals surface area contributed by atoms with Crippen molar-refractivity contribution in [2.24, 2.45) is 5.92 Å². The van der Waals surface area contributed by atoms with Crippen molar-refractivity contribution in [2.75, 3.05) is 45.1 Å². The van der Waals surface area contributed by atoms with Gasteiger partial charge in [-0.15, -0.1) is 11.6 Å². The van der Waals surface area contributed by atoms with Gasteiger partial charge in [-0.2, -0.15) is 17.0 Å². The van der Waals surface area contributed by atoms with E-state index in [1.165, 1.54) is 6.42 Å². The highest BCUT2D eigenvalue weighted by molar-refractivity contribution is 7.86. The zero-order valence-corrected chi connectivity index (χ0v) is 13.4. The lowest BCUT2D eigenvalue weighted by atomic mass is 10.0. The SMILES string of the molecule is O=S(=O)(N1CCC(CCl)CC1)N1CCN2CCCC2C1. The van der Waals surface area contributed by atoms with E-state index in [9.17, 15) is 8.42 Å². The van der Waals surface area contributed by atoms with Crippen LogP contribution in [0.15, 0.2) is 0 Å². The third kappa shape index (κ3) is 2.86. The molecule has 3 heterocycles. The van der Waals surface area contributed by atoms with Crippen LogP contribution >= 0.6 is 11.6 Å². The van der Waals surface area contributed by atoms with E-state index in [0.29, 0.717) is 44.0 Å². The average molecular weight is 322 g/mol. The predicted octanol–water partition coefficient (Wildman–Crippen LogP) is 0.962. The van der Waals surface area contributed by atoms with Crippen LogP contribution in [0.25, 0.3) is 0 Å². The standard InChI is InChI=1S/C13H24ClN3O2S/c14-10-12-3-6-16(7-4-12)20(18,19)17-9-8-15-5-1-2-13(15)11-17/h12-13H,1-11H2. The first kappa shape index (κ1) is 15.0. The number of rotatable bonds is 3. The highest BCUT2D eigenvalue weighted by atomic mass is 35.5. The van der Waals surface area contributed by atoms with Crippen LogP contribution in [-0.2, 0) is 10.2 Å². The number of hydrogen-bond donors (Lipinski definition) is 0. The summed E-state index contributed by atoms with van der Waals surface area (Å²) in [6.45, 7) is 4.61. The van der Waals surface area contributed by atoms with Crippen LogP contribution in [0.1, 0.15) is 25.7 Å². The van der Waals surface area contributed by atoms with Gasteiger partial charge in [0.25, 0.3) is 10.2 Å². The molecular weight excluding hydrogens is 298 g/mol. The fourth-order valence-corrected chi connectivity index (χ4v) is 5.61. The van der Waals surface area contributed by atoms with Gasteiger partial charge in [0.05, 0.1) is 0 Å². The molecule has 3 fully saturated rings. The highest BCUT2D eigenvalue weighted by Crippen LogP contribution is 2.26. The summed E-state index contributed by atoms with van der Waals surface area (Å²) in [7, 11) is -3.26. The Hall–Kier alpha value is 0.120. The number of piperidine rings is 1. The van der Waals surface area contributed by atoms with Crippen molar-refractivity contribution in [3.8, 4) is 0 Å². The van der Waals surface area contributed by atoms with Crippen molar-refractivity contribution in [1.29, 1.82) is 0 Å². The van der Waals surface area contributed by atoms with E-state index in [0.717, 1.165) is 32.4 Å². The summed E-state index contributed by atoms with van der Waals surface area (Å²) in [5.41, 5.74) is 0. The second kappa shape index (κ2) is 6.08. The second-order valence-electron chi connectivity index (χ2n) is 6.19. The van der Waals surface area contributed by atoms with E-state index in [1.54, 1.807) is 8.61 Å². The van der Waals surface area contributed by atoms with Gasteiger partial charge in [0.1, 0.15) is 0 Å². The maximum absolute atomic E-state index is 12.7. The molecule has 0 aliphatic carbocycles. The molecule has 7 heteroatoms. The Kier molecular flexibility index (Phi) is 4.57. The van der Waals surface area contributed by atoms with Crippen molar-refractivity contribution in [3.05, 3.63) is 0 Å². The maximum atomic E-state index is 12.7. The van der Waals surface area contributed by atoms with Crippen molar-refractivity contribution in [3.63, 3.8) is 0 Å². The van der Waals surface area contributed by atoms with Crippen molar-refractivity contribution in [1.82, 2.24) is 13.5 Å². The molecule has 0 aromatic carbocycles. The Labute approximate surface area is 127 Å². The minimum absolute atomic E-state index is 0.443. The topological polar surface area (TPSA) is 43.9 Å². The number of nitrogens with zero attached hydrogens (tertiary/aromatic N) is 3. The number of alkyl halides is 1. The summed E-state index contributed by atoms with van der Waals surface area (Å²) in [6, 6.07) is 0.443. The molecule has 3 rings (SSSR count). The van der Waals surface area contributed by atoms with Gasteiger partial charge >= 0.3 is 0 Å². The largest absolute Gasteiger partial charge is 0.298 e. The zero-order valence-electron chi connectivity index (χ0n) is 11.9. The molecule has 3 aliphatic rings. The van der Waals surface area contributed by atoms with Gasteiger partial charge < -0.3 is 0 Å². The minimum atomic E-state index is -3.26. The summed E-state index contributed by atoms with van der Waals surface area (Å²) in [5.74, 6) is 1.13. The molecule has 20 heavy (non-hydrogen) atoms. The van der Waals surface area contributed by atoms with Gasteiger partial charge in [0.2, 0.25) is 0 Å². The first-order valence-corrected chi connectivity index (χ1v) is 9.59. The lowest BCUT2D eigenvalue weighted by molar-refractivity contribution is 0.149. The molecule has 1 atom stereocenters. The summed E-state index contributed by atoms with van der Waals surface area (Å²) in [4.78, 5) is 2.44. The minimum Gasteiger partial charge on any atom is -0.298 e. The third-order valence-electron chi connectivity index (χ3n) is 4.99. The van der Waals surface area contributed by atoms with Crippen LogP contribution in [0.5, 0.6) is 0 Å². The van der Waals surface area contributed by atoms with Gasteiger partial charge in [-0.05, 0) is 38.1 Å².